The molecule has 2 N–H and O–H groups in total. The molecule has 2 heterocycles. The molecule has 1 aromatic carbocycles. The van der Waals surface area contributed by atoms with Crippen molar-refractivity contribution in [3.8, 4) is 5.75 Å². The van der Waals surface area contributed by atoms with Crippen molar-refractivity contribution < 1.29 is 9.53 Å². The molecule has 3 aromatic rings. The number of nitrogens with zero attached hydrogens (tertiary/aromatic N) is 2. The lowest BCUT2D eigenvalue weighted by Crippen LogP contribution is -2.38. The van der Waals surface area contributed by atoms with Gasteiger partial charge in [0, 0.05) is 25.4 Å². The molecule has 0 aliphatic heterocycles. The normalized spacial score (nSPS) is 11.9. The highest BCUT2D eigenvalue weighted by Gasteiger charge is 2.12. The van der Waals surface area contributed by atoms with Crippen LogP contribution in [0.2, 0.25) is 0 Å². The molecule has 0 bridgehead atoms. The summed E-state index contributed by atoms with van der Waals surface area (Å²) in [5.74, 6) is 0.806. The molecule has 2 aromatic heterocycles. The maximum Gasteiger partial charge on any atom is 0.315 e. The van der Waals surface area contributed by atoms with Gasteiger partial charge in [-0.1, -0.05) is 25.1 Å². The lowest BCUT2D eigenvalue weighted by atomic mass is 10.0. The van der Waals surface area contributed by atoms with Gasteiger partial charge in [0.25, 0.3) is 0 Å². The van der Waals surface area contributed by atoms with Crippen LogP contribution in [-0.2, 0) is 6.42 Å². The van der Waals surface area contributed by atoms with Crippen LogP contribution in [0.1, 0.15) is 30.6 Å². The van der Waals surface area contributed by atoms with E-state index in [9.17, 15) is 4.79 Å². The van der Waals surface area contributed by atoms with Gasteiger partial charge in [0.05, 0.1) is 18.8 Å². The smallest absolute Gasteiger partial charge is 0.315 e. The minimum atomic E-state index is -0.170. The molecule has 136 valence electrons. The van der Waals surface area contributed by atoms with E-state index in [1.807, 2.05) is 66.2 Å². The van der Waals surface area contributed by atoms with Gasteiger partial charge in [0.15, 0.2) is 0 Å². The minimum Gasteiger partial charge on any atom is -0.497 e. The second kappa shape index (κ2) is 8.38. The van der Waals surface area contributed by atoms with Crippen molar-refractivity contribution in [1.29, 1.82) is 0 Å². The Balaban J connectivity index is 1.50. The minimum absolute atomic E-state index is 0.0314. The number of benzene rings is 1. The van der Waals surface area contributed by atoms with Gasteiger partial charge in [-0.15, -0.1) is 0 Å². The average molecular weight is 352 g/mol. The van der Waals surface area contributed by atoms with Gasteiger partial charge in [0.1, 0.15) is 11.4 Å². The third-order valence-corrected chi connectivity index (χ3v) is 4.31. The Morgan fingerprint density at radius 1 is 1.23 bits per heavy atom. The largest absolute Gasteiger partial charge is 0.497 e. The summed E-state index contributed by atoms with van der Waals surface area (Å²) in [6.07, 6.45) is 5.45. The number of aromatic nitrogens is 2. The standard InChI is InChI=1S/C20H24N4O2/c1-3-18(15-7-9-17(26-2)10-8-15)23-20(25)21-12-11-16-14-24-13-5-4-6-19(24)22-16/h4-10,13-14,18H,3,11-12H2,1-2H3,(H2,21,23,25). The van der Waals surface area contributed by atoms with E-state index in [-0.39, 0.29) is 12.1 Å². The second-order valence-electron chi connectivity index (χ2n) is 6.08. The number of rotatable bonds is 7. The summed E-state index contributed by atoms with van der Waals surface area (Å²) in [7, 11) is 1.64. The summed E-state index contributed by atoms with van der Waals surface area (Å²) < 4.78 is 7.15. The van der Waals surface area contributed by atoms with Crippen molar-refractivity contribution >= 4 is 11.7 Å². The zero-order valence-electron chi connectivity index (χ0n) is 15.1. The van der Waals surface area contributed by atoms with Crippen LogP contribution < -0.4 is 15.4 Å². The fourth-order valence-corrected chi connectivity index (χ4v) is 2.88. The predicted octanol–water partition coefficient (Wildman–Crippen LogP) is 3.34. The molecule has 1 unspecified atom stereocenters. The van der Waals surface area contributed by atoms with Crippen molar-refractivity contribution in [2.24, 2.45) is 0 Å². The first-order valence-corrected chi connectivity index (χ1v) is 8.80. The van der Waals surface area contributed by atoms with Crippen molar-refractivity contribution in [2.75, 3.05) is 13.7 Å². The summed E-state index contributed by atoms with van der Waals surface area (Å²) in [6.45, 7) is 2.58. The number of methoxy groups -OCH3 is 1. The highest BCUT2D eigenvalue weighted by Crippen LogP contribution is 2.19. The van der Waals surface area contributed by atoms with Gasteiger partial charge in [-0.2, -0.15) is 0 Å². The summed E-state index contributed by atoms with van der Waals surface area (Å²) in [5, 5.41) is 5.93. The molecule has 0 aliphatic rings. The van der Waals surface area contributed by atoms with Crippen LogP contribution in [0.4, 0.5) is 4.79 Å². The molecule has 0 aliphatic carbocycles. The topological polar surface area (TPSA) is 67.7 Å². The third-order valence-electron chi connectivity index (χ3n) is 4.31. The Bertz CT molecular complexity index is 825. The number of pyridine rings is 1. The quantitative estimate of drug-likeness (QED) is 0.685. The highest BCUT2D eigenvalue weighted by atomic mass is 16.5. The van der Waals surface area contributed by atoms with Crippen LogP contribution in [0.25, 0.3) is 5.65 Å². The van der Waals surface area contributed by atoms with Gasteiger partial charge in [-0.3, -0.25) is 0 Å². The lowest BCUT2D eigenvalue weighted by Gasteiger charge is -2.18. The van der Waals surface area contributed by atoms with Crippen LogP contribution in [-0.4, -0.2) is 29.1 Å². The molecule has 0 spiro atoms. The highest BCUT2D eigenvalue weighted by molar-refractivity contribution is 5.74. The summed E-state index contributed by atoms with van der Waals surface area (Å²) in [4.78, 5) is 16.7. The Kier molecular flexibility index (Phi) is 5.73. The fraction of sp³-hybridized carbons (Fsp3) is 0.300. The molecule has 0 saturated carbocycles. The van der Waals surface area contributed by atoms with Gasteiger partial charge in [-0.05, 0) is 36.2 Å². The number of nitrogens with one attached hydrogen (secondary N) is 2. The van der Waals surface area contributed by atoms with Gasteiger partial charge < -0.3 is 19.8 Å². The number of ether oxygens (including phenoxy) is 1. The van der Waals surface area contributed by atoms with Gasteiger partial charge >= 0.3 is 6.03 Å². The van der Waals surface area contributed by atoms with Crippen LogP contribution in [0.5, 0.6) is 5.75 Å². The van der Waals surface area contributed by atoms with Gasteiger partial charge in [-0.25, -0.2) is 9.78 Å². The number of amides is 2. The molecule has 6 heteroatoms. The number of urea groups is 1. The summed E-state index contributed by atoms with van der Waals surface area (Å²) in [5.41, 5.74) is 2.93. The van der Waals surface area contributed by atoms with E-state index in [1.165, 1.54) is 0 Å². The SMILES string of the molecule is CCC(NC(=O)NCCc1cn2ccccc2n1)c1ccc(OC)cc1. The Labute approximate surface area is 153 Å². The monoisotopic (exact) mass is 352 g/mol. The number of fused-ring (bicyclic) bond motifs is 1. The third kappa shape index (κ3) is 4.33. The Hall–Kier alpha value is -3.02. The Morgan fingerprint density at radius 3 is 2.73 bits per heavy atom. The molecule has 26 heavy (non-hydrogen) atoms. The first-order chi connectivity index (χ1) is 12.7. The number of imidazole rings is 1. The first-order valence-electron chi connectivity index (χ1n) is 8.80. The van der Waals surface area contributed by atoms with Crippen molar-refractivity contribution in [3.63, 3.8) is 0 Å². The van der Waals surface area contributed by atoms with Crippen LogP contribution in [0.15, 0.2) is 54.9 Å². The molecular weight excluding hydrogens is 328 g/mol. The van der Waals surface area contributed by atoms with E-state index in [4.69, 9.17) is 4.74 Å². The maximum absolute atomic E-state index is 12.2. The van der Waals surface area contributed by atoms with Crippen molar-refractivity contribution in [2.45, 2.75) is 25.8 Å². The molecule has 2 amide bonds. The molecule has 0 fully saturated rings. The fourth-order valence-electron chi connectivity index (χ4n) is 2.88. The first kappa shape index (κ1) is 17.8. The number of carbonyl (C=O) groups excluding carboxylic acids is 1. The maximum atomic E-state index is 12.2. The van der Waals surface area contributed by atoms with E-state index >= 15 is 0 Å². The number of carbonyl (C=O) groups is 1. The van der Waals surface area contributed by atoms with Crippen molar-refractivity contribution in [1.82, 2.24) is 20.0 Å². The molecular formula is C20H24N4O2. The lowest BCUT2D eigenvalue weighted by molar-refractivity contribution is 0.237. The molecule has 0 radical (unpaired) electrons. The summed E-state index contributed by atoms with van der Waals surface area (Å²) in [6, 6.07) is 13.4. The second-order valence-corrected chi connectivity index (χ2v) is 6.08. The zero-order chi connectivity index (χ0) is 18.4. The average Bonchev–Trinajstić information content (AvgIpc) is 3.09. The van der Waals surface area contributed by atoms with Crippen LogP contribution in [0.3, 0.4) is 0 Å². The summed E-state index contributed by atoms with van der Waals surface area (Å²) >= 11 is 0. The molecule has 1 atom stereocenters. The van der Waals surface area contributed by atoms with Crippen LogP contribution in [0, 0.1) is 0 Å². The molecule has 0 saturated heterocycles. The number of hydrogen-bond acceptors (Lipinski definition) is 3. The van der Waals surface area contributed by atoms with Crippen molar-refractivity contribution in [3.05, 3.63) is 66.1 Å². The Morgan fingerprint density at radius 2 is 2.04 bits per heavy atom. The number of hydrogen-bond donors (Lipinski definition) is 2. The molecule has 6 nitrogen and oxygen atoms in total. The zero-order valence-corrected chi connectivity index (χ0v) is 15.1. The molecule has 3 rings (SSSR count). The predicted molar refractivity (Wildman–Crippen MR) is 101 cm³/mol. The van der Waals surface area contributed by atoms with Gasteiger partial charge in [0.2, 0.25) is 0 Å². The van der Waals surface area contributed by atoms with Crippen LogP contribution >= 0.6 is 0 Å². The van der Waals surface area contributed by atoms with E-state index in [2.05, 4.69) is 15.6 Å². The van der Waals surface area contributed by atoms with E-state index < -0.39 is 0 Å². The van der Waals surface area contributed by atoms with E-state index in [0.29, 0.717) is 13.0 Å². The van der Waals surface area contributed by atoms with E-state index in [0.717, 1.165) is 29.1 Å². The van der Waals surface area contributed by atoms with E-state index in [1.54, 1.807) is 7.11 Å².